The van der Waals surface area contributed by atoms with Crippen molar-refractivity contribution in [1.82, 2.24) is 0 Å². The number of halogens is 1. The van der Waals surface area contributed by atoms with E-state index in [1.807, 2.05) is 12.1 Å². The molecule has 3 N–H and O–H groups in total. The molecule has 0 heterocycles. The van der Waals surface area contributed by atoms with Gasteiger partial charge in [0.1, 0.15) is 5.75 Å². The minimum absolute atomic E-state index is 0.649. The lowest BCUT2D eigenvalue weighted by molar-refractivity contribution is 0.415. The van der Waals surface area contributed by atoms with E-state index < -0.39 is 0 Å². The number of hydrogen-bond acceptors (Lipinski definition) is 3. The molecule has 1 aromatic rings. The smallest absolute Gasteiger partial charge is 0.121 e. The van der Waals surface area contributed by atoms with Crippen LogP contribution in [0.5, 0.6) is 5.75 Å². The summed E-state index contributed by atoms with van der Waals surface area (Å²) < 4.78 is 5.92. The Morgan fingerprint density at radius 1 is 1.64 bits per heavy atom. The molecule has 0 spiro atoms. The monoisotopic (exact) mass is 256 g/mol. The Hall–Kier alpha value is -1.16. The summed E-state index contributed by atoms with van der Waals surface area (Å²) in [6.07, 6.45) is 0. The van der Waals surface area contributed by atoms with Crippen molar-refractivity contribution in [2.24, 2.45) is 0 Å². The molecule has 14 heavy (non-hydrogen) atoms. The zero-order chi connectivity index (χ0) is 10.6. The van der Waals surface area contributed by atoms with Crippen molar-refractivity contribution >= 4 is 27.3 Å². The average Bonchev–Trinajstić information content (AvgIpc) is 2.15. The normalized spacial score (nSPS) is 9.57. The Balaban J connectivity index is 2.73. The Morgan fingerprint density at radius 3 is 2.86 bits per heavy atom. The SMILES string of the molecule is C=C(Br)CNc1ccc(OC)cc1N. The van der Waals surface area contributed by atoms with Gasteiger partial charge in [0.25, 0.3) is 0 Å². The topological polar surface area (TPSA) is 47.3 Å². The van der Waals surface area contributed by atoms with E-state index in [1.54, 1.807) is 13.2 Å². The number of nitrogen functional groups attached to an aromatic ring is 1. The maximum atomic E-state index is 5.80. The highest BCUT2D eigenvalue weighted by Crippen LogP contribution is 2.24. The third-order valence-electron chi connectivity index (χ3n) is 1.73. The van der Waals surface area contributed by atoms with Crippen molar-refractivity contribution in [2.45, 2.75) is 0 Å². The number of hydrogen-bond donors (Lipinski definition) is 2. The van der Waals surface area contributed by atoms with Crippen LogP contribution in [0.25, 0.3) is 0 Å². The minimum Gasteiger partial charge on any atom is -0.497 e. The Morgan fingerprint density at radius 2 is 2.36 bits per heavy atom. The van der Waals surface area contributed by atoms with Crippen LogP contribution in [0.15, 0.2) is 29.3 Å². The fourth-order valence-electron chi connectivity index (χ4n) is 1.02. The highest BCUT2D eigenvalue weighted by atomic mass is 79.9. The van der Waals surface area contributed by atoms with Gasteiger partial charge in [0.05, 0.1) is 18.5 Å². The number of benzene rings is 1. The molecule has 0 saturated carbocycles. The molecule has 0 aliphatic heterocycles. The summed E-state index contributed by atoms with van der Waals surface area (Å²) in [6.45, 7) is 4.37. The Labute approximate surface area is 92.1 Å². The van der Waals surface area contributed by atoms with Gasteiger partial charge in [-0.25, -0.2) is 0 Å². The van der Waals surface area contributed by atoms with E-state index in [1.165, 1.54) is 0 Å². The van der Waals surface area contributed by atoms with Crippen LogP contribution in [0.4, 0.5) is 11.4 Å². The van der Waals surface area contributed by atoms with Gasteiger partial charge in [-0.05, 0) is 12.1 Å². The van der Waals surface area contributed by atoms with Crippen LogP contribution >= 0.6 is 15.9 Å². The van der Waals surface area contributed by atoms with Crippen LogP contribution in [0.3, 0.4) is 0 Å². The lowest BCUT2D eigenvalue weighted by Crippen LogP contribution is -2.03. The maximum absolute atomic E-state index is 5.80. The average molecular weight is 257 g/mol. The van der Waals surface area contributed by atoms with E-state index in [0.29, 0.717) is 12.2 Å². The van der Waals surface area contributed by atoms with Crippen LogP contribution in [-0.4, -0.2) is 13.7 Å². The summed E-state index contributed by atoms with van der Waals surface area (Å²) in [5, 5.41) is 3.14. The summed E-state index contributed by atoms with van der Waals surface area (Å²) in [4.78, 5) is 0. The standard InChI is InChI=1S/C10H13BrN2O/c1-7(11)6-13-10-4-3-8(14-2)5-9(10)12/h3-5,13H,1,6,12H2,2H3. The van der Waals surface area contributed by atoms with E-state index in [9.17, 15) is 0 Å². The molecular formula is C10H13BrN2O. The number of rotatable bonds is 4. The molecule has 0 atom stereocenters. The van der Waals surface area contributed by atoms with Gasteiger partial charge >= 0.3 is 0 Å². The fraction of sp³-hybridized carbons (Fsp3) is 0.200. The molecule has 0 fully saturated rings. The molecule has 1 rings (SSSR count). The summed E-state index contributed by atoms with van der Waals surface area (Å²) in [6, 6.07) is 5.51. The van der Waals surface area contributed by atoms with Gasteiger partial charge in [-0.3, -0.25) is 0 Å². The van der Waals surface area contributed by atoms with Crippen LogP contribution in [0.2, 0.25) is 0 Å². The lowest BCUT2D eigenvalue weighted by atomic mass is 10.2. The highest BCUT2D eigenvalue weighted by Gasteiger charge is 2.00. The second-order valence-corrected chi connectivity index (χ2v) is 3.95. The quantitative estimate of drug-likeness (QED) is 0.815. The zero-order valence-corrected chi connectivity index (χ0v) is 9.60. The molecule has 3 nitrogen and oxygen atoms in total. The van der Waals surface area contributed by atoms with Gasteiger partial charge in [0, 0.05) is 17.1 Å². The molecule has 4 heteroatoms. The van der Waals surface area contributed by atoms with E-state index in [-0.39, 0.29) is 0 Å². The molecular weight excluding hydrogens is 244 g/mol. The van der Waals surface area contributed by atoms with Crippen molar-refractivity contribution in [3.63, 3.8) is 0 Å². The first-order valence-corrected chi connectivity index (χ1v) is 4.93. The first-order valence-electron chi connectivity index (χ1n) is 4.14. The second kappa shape index (κ2) is 4.91. The molecule has 0 saturated heterocycles. The fourth-order valence-corrected chi connectivity index (χ4v) is 1.16. The van der Waals surface area contributed by atoms with Crippen LogP contribution in [-0.2, 0) is 0 Å². The van der Waals surface area contributed by atoms with Crippen LogP contribution in [0, 0.1) is 0 Å². The molecule has 0 radical (unpaired) electrons. The van der Waals surface area contributed by atoms with Crippen LogP contribution < -0.4 is 15.8 Å². The Kier molecular flexibility index (Phi) is 3.83. The third kappa shape index (κ3) is 2.96. The van der Waals surface area contributed by atoms with Crippen LogP contribution in [0.1, 0.15) is 0 Å². The number of nitrogens with two attached hydrogens (primary N) is 1. The van der Waals surface area contributed by atoms with E-state index in [4.69, 9.17) is 10.5 Å². The maximum Gasteiger partial charge on any atom is 0.121 e. The summed E-state index contributed by atoms with van der Waals surface area (Å²) in [5.41, 5.74) is 7.34. The van der Waals surface area contributed by atoms with E-state index in [2.05, 4.69) is 27.8 Å². The first-order chi connectivity index (χ1) is 6.63. The van der Waals surface area contributed by atoms with Gasteiger partial charge in [-0.15, -0.1) is 0 Å². The molecule has 0 bridgehead atoms. The van der Waals surface area contributed by atoms with Gasteiger partial charge < -0.3 is 15.8 Å². The molecule has 76 valence electrons. The largest absolute Gasteiger partial charge is 0.497 e. The number of methoxy groups -OCH3 is 1. The van der Waals surface area contributed by atoms with E-state index in [0.717, 1.165) is 15.9 Å². The summed E-state index contributed by atoms with van der Waals surface area (Å²) in [7, 11) is 1.61. The van der Waals surface area contributed by atoms with Crippen molar-refractivity contribution in [2.75, 3.05) is 24.7 Å². The molecule has 0 aliphatic rings. The number of anilines is 2. The highest BCUT2D eigenvalue weighted by molar-refractivity contribution is 9.11. The molecule has 1 aromatic carbocycles. The van der Waals surface area contributed by atoms with E-state index >= 15 is 0 Å². The van der Waals surface area contributed by atoms with Gasteiger partial charge in [0.15, 0.2) is 0 Å². The van der Waals surface area contributed by atoms with Gasteiger partial charge in [-0.2, -0.15) is 0 Å². The van der Waals surface area contributed by atoms with Gasteiger partial charge in [0.2, 0.25) is 0 Å². The number of nitrogens with one attached hydrogen (secondary N) is 1. The summed E-state index contributed by atoms with van der Waals surface area (Å²) >= 11 is 3.26. The second-order valence-electron chi connectivity index (χ2n) is 2.82. The minimum atomic E-state index is 0.649. The zero-order valence-electron chi connectivity index (χ0n) is 8.01. The molecule has 0 amide bonds. The van der Waals surface area contributed by atoms with Crippen molar-refractivity contribution in [1.29, 1.82) is 0 Å². The van der Waals surface area contributed by atoms with Gasteiger partial charge in [-0.1, -0.05) is 22.5 Å². The van der Waals surface area contributed by atoms with Crippen molar-refractivity contribution in [3.05, 3.63) is 29.3 Å². The van der Waals surface area contributed by atoms with Crippen molar-refractivity contribution in [3.8, 4) is 5.75 Å². The third-order valence-corrected chi connectivity index (χ3v) is 2.01. The lowest BCUT2D eigenvalue weighted by Gasteiger charge is -2.09. The molecule has 0 aliphatic carbocycles. The van der Waals surface area contributed by atoms with Crippen molar-refractivity contribution < 1.29 is 4.74 Å². The molecule has 0 aromatic heterocycles. The summed E-state index contributed by atoms with van der Waals surface area (Å²) in [5.74, 6) is 0.755. The molecule has 0 unspecified atom stereocenters. The Bertz CT molecular complexity index is 339. The predicted molar refractivity (Wildman–Crippen MR) is 64.0 cm³/mol. The predicted octanol–water partition coefficient (Wildman–Crippen LogP) is 2.60. The first kappa shape index (κ1) is 10.9. The number of ether oxygens (including phenoxy) is 1.